The highest BCUT2D eigenvalue weighted by Crippen LogP contribution is 2.06. The molecule has 0 spiro atoms. The Bertz CT molecular complexity index is 207. The van der Waals surface area contributed by atoms with E-state index in [1.807, 2.05) is 6.92 Å². The third kappa shape index (κ3) is 4.60. The minimum Gasteiger partial charge on any atom is -0.387 e. The summed E-state index contributed by atoms with van der Waals surface area (Å²) in [6, 6.07) is 0. The van der Waals surface area contributed by atoms with Crippen LogP contribution in [0.4, 0.5) is 8.78 Å². The van der Waals surface area contributed by atoms with Crippen molar-refractivity contribution in [3.63, 3.8) is 0 Å². The first-order chi connectivity index (χ1) is 5.57. The molecule has 0 bridgehead atoms. The number of amidine groups is 1. The topological polar surface area (TPSA) is 38.4 Å². The lowest BCUT2D eigenvalue weighted by atomic mass is 10.3. The van der Waals surface area contributed by atoms with Crippen LogP contribution in [0.1, 0.15) is 13.3 Å². The molecule has 0 aromatic heterocycles. The summed E-state index contributed by atoms with van der Waals surface area (Å²) in [5.74, 6) is 0.410. The number of nitrogens with two attached hydrogens (primary N) is 1. The Morgan fingerprint density at radius 1 is 1.67 bits per heavy atom. The Balaban J connectivity index is 4.00. The standard InChI is InChI=1S/C8H12F2N2/c1-3-7(11)12-5-4-6(2)8(9)10/h4-5,8H,2-3H2,1H3,(H2,11,12)/b5-4-. The van der Waals surface area contributed by atoms with Gasteiger partial charge in [0.1, 0.15) is 0 Å². The van der Waals surface area contributed by atoms with Crippen molar-refractivity contribution >= 4 is 5.84 Å². The average Bonchev–Trinajstić information content (AvgIpc) is 2.03. The maximum absolute atomic E-state index is 11.8. The van der Waals surface area contributed by atoms with Gasteiger partial charge in [0.15, 0.2) is 0 Å². The summed E-state index contributed by atoms with van der Waals surface area (Å²) in [5.41, 5.74) is 5.06. The van der Waals surface area contributed by atoms with Crippen molar-refractivity contribution in [2.75, 3.05) is 0 Å². The molecule has 0 aliphatic heterocycles. The highest BCUT2D eigenvalue weighted by atomic mass is 19.3. The van der Waals surface area contributed by atoms with Crippen LogP contribution in [-0.2, 0) is 0 Å². The van der Waals surface area contributed by atoms with Gasteiger partial charge >= 0.3 is 0 Å². The predicted molar refractivity (Wildman–Crippen MR) is 46.2 cm³/mol. The van der Waals surface area contributed by atoms with Crippen LogP contribution >= 0.6 is 0 Å². The molecule has 2 nitrogen and oxygen atoms in total. The maximum Gasteiger partial charge on any atom is 0.263 e. The molecule has 0 aliphatic carbocycles. The summed E-state index contributed by atoms with van der Waals surface area (Å²) in [4.78, 5) is 3.68. The van der Waals surface area contributed by atoms with Crippen LogP contribution in [0.2, 0.25) is 0 Å². The highest BCUT2D eigenvalue weighted by Gasteiger charge is 2.02. The lowest BCUT2D eigenvalue weighted by Gasteiger charge is -1.94. The quantitative estimate of drug-likeness (QED) is 0.395. The van der Waals surface area contributed by atoms with Crippen LogP contribution in [0.5, 0.6) is 0 Å². The number of alkyl halides is 2. The molecule has 0 aromatic carbocycles. The molecule has 0 unspecified atom stereocenters. The van der Waals surface area contributed by atoms with Crippen LogP contribution < -0.4 is 5.73 Å². The van der Waals surface area contributed by atoms with Crippen LogP contribution in [0.3, 0.4) is 0 Å². The van der Waals surface area contributed by atoms with Crippen molar-refractivity contribution in [1.29, 1.82) is 0 Å². The summed E-state index contributed by atoms with van der Waals surface area (Å²) >= 11 is 0. The second kappa shape index (κ2) is 5.46. The Kier molecular flexibility index (Phi) is 4.92. The van der Waals surface area contributed by atoms with Gasteiger partial charge in [0.25, 0.3) is 6.43 Å². The molecule has 0 aromatic rings. The van der Waals surface area contributed by atoms with E-state index in [0.717, 1.165) is 6.08 Å². The van der Waals surface area contributed by atoms with Crippen molar-refractivity contribution < 1.29 is 8.78 Å². The fraction of sp³-hybridized carbons (Fsp3) is 0.375. The van der Waals surface area contributed by atoms with Crippen LogP contribution in [0.25, 0.3) is 0 Å². The SMILES string of the molecule is C=C(/C=C\N=C(N)CC)C(F)F. The highest BCUT2D eigenvalue weighted by molar-refractivity contribution is 5.80. The molecular weight excluding hydrogens is 162 g/mol. The Hall–Kier alpha value is -1.19. The van der Waals surface area contributed by atoms with Gasteiger partial charge in [0, 0.05) is 18.2 Å². The first kappa shape index (κ1) is 10.8. The van der Waals surface area contributed by atoms with Crippen molar-refractivity contribution in [3.8, 4) is 0 Å². The molecule has 0 aliphatic rings. The zero-order chi connectivity index (χ0) is 9.56. The van der Waals surface area contributed by atoms with Gasteiger partial charge < -0.3 is 5.73 Å². The zero-order valence-corrected chi connectivity index (χ0v) is 6.93. The maximum atomic E-state index is 11.8. The van der Waals surface area contributed by atoms with E-state index in [-0.39, 0.29) is 5.57 Å². The molecule has 0 saturated carbocycles. The summed E-state index contributed by atoms with van der Waals surface area (Å²) < 4.78 is 23.6. The molecule has 0 atom stereocenters. The summed E-state index contributed by atoms with van der Waals surface area (Å²) in [7, 11) is 0. The Morgan fingerprint density at radius 2 is 2.25 bits per heavy atom. The average molecular weight is 174 g/mol. The number of rotatable bonds is 4. The largest absolute Gasteiger partial charge is 0.387 e. The normalized spacial score (nSPS) is 12.8. The Morgan fingerprint density at radius 3 is 2.67 bits per heavy atom. The molecule has 0 rings (SSSR count). The van der Waals surface area contributed by atoms with Crippen LogP contribution in [-0.4, -0.2) is 12.3 Å². The van der Waals surface area contributed by atoms with Crippen molar-refractivity contribution in [3.05, 3.63) is 24.4 Å². The van der Waals surface area contributed by atoms with E-state index in [4.69, 9.17) is 5.73 Å². The number of aliphatic imine (C=N–C) groups is 1. The third-order valence-corrected chi connectivity index (χ3v) is 1.17. The number of hydrogen-bond acceptors (Lipinski definition) is 1. The number of halogens is 2. The molecule has 0 radical (unpaired) electrons. The van der Waals surface area contributed by atoms with E-state index in [0.29, 0.717) is 12.3 Å². The van der Waals surface area contributed by atoms with Crippen molar-refractivity contribution in [1.82, 2.24) is 0 Å². The number of nitrogens with zero attached hydrogens (tertiary/aromatic N) is 1. The third-order valence-electron chi connectivity index (χ3n) is 1.17. The predicted octanol–water partition coefficient (Wildman–Crippen LogP) is 2.09. The fourth-order valence-electron chi connectivity index (χ4n) is 0.393. The molecular formula is C8H12F2N2. The van der Waals surface area contributed by atoms with Crippen molar-refractivity contribution in [2.24, 2.45) is 10.7 Å². The van der Waals surface area contributed by atoms with Gasteiger partial charge in [-0.25, -0.2) is 13.8 Å². The van der Waals surface area contributed by atoms with E-state index in [9.17, 15) is 8.78 Å². The molecule has 68 valence electrons. The first-order valence-corrected chi connectivity index (χ1v) is 3.53. The van der Waals surface area contributed by atoms with E-state index < -0.39 is 6.43 Å². The minimum atomic E-state index is -2.53. The van der Waals surface area contributed by atoms with Gasteiger partial charge in [-0.15, -0.1) is 0 Å². The van der Waals surface area contributed by atoms with Gasteiger partial charge in [0.05, 0.1) is 5.84 Å². The van der Waals surface area contributed by atoms with Gasteiger partial charge in [0.2, 0.25) is 0 Å². The summed E-state index contributed by atoms with van der Waals surface area (Å²) in [6.07, 6.45) is 0.450. The smallest absolute Gasteiger partial charge is 0.263 e. The van der Waals surface area contributed by atoms with Gasteiger partial charge in [-0.2, -0.15) is 0 Å². The fourth-order valence-corrected chi connectivity index (χ4v) is 0.393. The monoisotopic (exact) mass is 174 g/mol. The number of allylic oxidation sites excluding steroid dienone is 2. The summed E-state index contributed by atoms with van der Waals surface area (Å²) in [5, 5.41) is 0. The Labute approximate surface area is 70.5 Å². The lowest BCUT2D eigenvalue weighted by molar-refractivity contribution is 0.194. The second-order valence-electron chi connectivity index (χ2n) is 2.17. The molecule has 12 heavy (non-hydrogen) atoms. The molecule has 2 N–H and O–H groups in total. The van der Waals surface area contributed by atoms with Crippen LogP contribution in [0.15, 0.2) is 29.4 Å². The molecule has 0 heterocycles. The molecule has 4 heteroatoms. The van der Waals surface area contributed by atoms with E-state index in [1.165, 1.54) is 6.20 Å². The summed E-state index contributed by atoms with van der Waals surface area (Å²) in [6.45, 7) is 4.96. The lowest BCUT2D eigenvalue weighted by Crippen LogP contribution is -2.08. The zero-order valence-electron chi connectivity index (χ0n) is 6.93. The van der Waals surface area contributed by atoms with Crippen molar-refractivity contribution in [2.45, 2.75) is 19.8 Å². The van der Waals surface area contributed by atoms with E-state index in [1.54, 1.807) is 0 Å². The molecule has 0 amide bonds. The van der Waals surface area contributed by atoms with E-state index in [2.05, 4.69) is 11.6 Å². The van der Waals surface area contributed by atoms with Gasteiger partial charge in [-0.05, 0) is 6.08 Å². The molecule has 0 saturated heterocycles. The number of hydrogen-bond donors (Lipinski definition) is 1. The van der Waals surface area contributed by atoms with Gasteiger partial charge in [-0.1, -0.05) is 13.5 Å². The molecule has 0 fully saturated rings. The van der Waals surface area contributed by atoms with Gasteiger partial charge in [-0.3, -0.25) is 0 Å². The first-order valence-electron chi connectivity index (χ1n) is 3.53. The van der Waals surface area contributed by atoms with Crippen LogP contribution in [0, 0.1) is 0 Å². The second-order valence-corrected chi connectivity index (χ2v) is 2.17. The minimum absolute atomic E-state index is 0.261. The van der Waals surface area contributed by atoms with E-state index >= 15 is 0 Å².